The summed E-state index contributed by atoms with van der Waals surface area (Å²) >= 11 is 0. The van der Waals surface area contributed by atoms with Crippen LogP contribution in [0, 0.1) is 11.3 Å². The molecule has 0 aromatic rings. The molecule has 1 aliphatic carbocycles. The van der Waals surface area contributed by atoms with Crippen LogP contribution in [0.25, 0.3) is 0 Å². The molecule has 1 unspecified atom stereocenters. The van der Waals surface area contributed by atoms with Crippen LogP contribution in [0.3, 0.4) is 0 Å². The number of nitrogens with one attached hydrogen (secondary N) is 1. The van der Waals surface area contributed by atoms with Gasteiger partial charge in [-0.2, -0.15) is 0 Å². The number of hydrogen-bond donors (Lipinski definition) is 2. The molecule has 1 saturated carbocycles. The van der Waals surface area contributed by atoms with E-state index in [1.807, 2.05) is 0 Å². The summed E-state index contributed by atoms with van der Waals surface area (Å²) in [6.45, 7) is 2.07. The SMILES string of the molecule is O=C(CC1(C(=O)O)CCCCC1)NCC1CCOC1. The highest BCUT2D eigenvalue weighted by molar-refractivity contribution is 5.85. The molecule has 5 heteroatoms. The lowest BCUT2D eigenvalue weighted by Gasteiger charge is -2.32. The highest BCUT2D eigenvalue weighted by atomic mass is 16.5. The molecule has 2 fully saturated rings. The Morgan fingerprint density at radius 3 is 2.58 bits per heavy atom. The Balaban J connectivity index is 1.82. The van der Waals surface area contributed by atoms with Gasteiger partial charge in [-0.15, -0.1) is 0 Å². The highest BCUT2D eigenvalue weighted by Gasteiger charge is 2.41. The van der Waals surface area contributed by atoms with Gasteiger partial charge in [0.2, 0.25) is 5.91 Å². The van der Waals surface area contributed by atoms with E-state index in [1.54, 1.807) is 0 Å². The van der Waals surface area contributed by atoms with Crippen LogP contribution in [0.1, 0.15) is 44.9 Å². The largest absolute Gasteiger partial charge is 0.481 e. The van der Waals surface area contributed by atoms with Gasteiger partial charge >= 0.3 is 5.97 Å². The van der Waals surface area contributed by atoms with Gasteiger partial charge in [-0.1, -0.05) is 19.3 Å². The molecule has 0 aromatic carbocycles. The summed E-state index contributed by atoms with van der Waals surface area (Å²) < 4.78 is 5.25. The molecule has 0 spiro atoms. The maximum absolute atomic E-state index is 12.0. The van der Waals surface area contributed by atoms with Crippen molar-refractivity contribution in [3.05, 3.63) is 0 Å². The van der Waals surface area contributed by atoms with Crippen LogP contribution < -0.4 is 5.32 Å². The summed E-state index contributed by atoms with van der Waals surface area (Å²) in [5, 5.41) is 12.3. The van der Waals surface area contributed by atoms with Gasteiger partial charge < -0.3 is 15.2 Å². The number of carbonyl (C=O) groups excluding carboxylic acids is 1. The van der Waals surface area contributed by atoms with Crippen molar-refractivity contribution in [1.82, 2.24) is 5.32 Å². The third-order valence-corrected chi connectivity index (χ3v) is 4.38. The fourth-order valence-corrected chi connectivity index (χ4v) is 3.07. The summed E-state index contributed by atoms with van der Waals surface area (Å²) in [5.74, 6) is -0.557. The number of aliphatic carboxylic acids is 1. The zero-order chi connectivity index (χ0) is 13.7. The van der Waals surface area contributed by atoms with Crippen LogP contribution in [-0.2, 0) is 14.3 Å². The Kier molecular flexibility index (Phi) is 4.80. The van der Waals surface area contributed by atoms with Crippen molar-refractivity contribution >= 4 is 11.9 Å². The number of carbonyl (C=O) groups is 2. The lowest BCUT2D eigenvalue weighted by Crippen LogP contribution is -2.40. The third-order valence-electron chi connectivity index (χ3n) is 4.38. The molecule has 2 aliphatic rings. The van der Waals surface area contributed by atoms with Crippen LogP contribution >= 0.6 is 0 Å². The van der Waals surface area contributed by atoms with E-state index in [9.17, 15) is 14.7 Å². The summed E-state index contributed by atoms with van der Waals surface area (Å²) in [6.07, 6.45) is 5.26. The van der Waals surface area contributed by atoms with Gasteiger partial charge in [0.05, 0.1) is 12.0 Å². The van der Waals surface area contributed by atoms with E-state index in [0.29, 0.717) is 31.9 Å². The minimum Gasteiger partial charge on any atom is -0.481 e. The van der Waals surface area contributed by atoms with Crippen LogP contribution in [-0.4, -0.2) is 36.7 Å². The number of ether oxygens (including phenoxy) is 1. The fraction of sp³-hybridized carbons (Fsp3) is 0.857. The van der Waals surface area contributed by atoms with Gasteiger partial charge in [-0.25, -0.2) is 0 Å². The quantitative estimate of drug-likeness (QED) is 0.794. The van der Waals surface area contributed by atoms with Crippen molar-refractivity contribution in [3.63, 3.8) is 0 Å². The number of hydrogen-bond acceptors (Lipinski definition) is 3. The number of amides is 1. The second kappa shape index (κ2) is 6.37. The molecule has 2 rings (SSSR count). The Labute approximate surface area is 113 Å². The van der Waals surface area contributed by atoms with E-state index in [2.05, 4.69) is 5.32 Å². The van der Waals surface area contributed by atoms with Crippen molar-refractivity contribution in [2.45, 2.75) is 44.9 Å². The van der Waals surface area contributed by atoms with E-state index in [1.165, 1.54) is 0 Å². The van der Waals surface area contributed by atoms with Crippen molar-refractivity contribution in [1.29, 1.82) is 0 Å². The van der Waals surface area contributed by atoms with Gasteiger partial charge in [0.1, 0.15) is 0 Å². The first kappa shape index (κ1) is 14.3. The maximum Gasteiger partial charge on any atom is 0.310 e. The van der Waals surface area contributed by atoms with Crippen LogP contribution in [0.2, 0.25) is 0 Å². The summed E-state index contributed by atoms with van der Waals surface area (Å²) in [7, 11) is 0. The zero-order valence-corrected chi connectivity index (χ0v) is 11.3. The molecule has 1 amide bonds. The Morgan fingerprint density at radius 1 is 1.26 bits per heavy atom. The molecule has 0 radical (unpaired) electrons. The topological polar surface area (TPSA) is 75.6 Å². The Bertz CT molecular complexity index is 330. The van der Waals surface area contributed by atoms with E-state index in [4.69, 9.17) is 4.74 Å². The molecule has 5 nitrogen and oxygen atoms in total. The average molecular weight is 269 g/mol. The minimum absolute atomic E-state index is 0.121. The molecule has 108 valence electrons. The molecular formula is C14H23NO4. The van der Waals surface area contributed by atoms with Gasteiger partial charge in [-0.3, -0.25) is 9.59 Å². The average Bonchev–Trinajstić information content (AvgIpc) is 2.90. The van der Waals surface area contributed by atoms with Crippen molar-refractivity contribution < 1.29 is 19.4 Å². The monoisotopic (exact) mass is 269 g/mol. The molecule has 1 aliphatic heterocycles. The van der Waals surface area contributed by atoms with Crippen molar-refractivity contribution in [2.75, 3.05) is 19.8 Å². The summed E-state index contributed by atoms with van der Waals surface area (Å²) in [4.78, 5) is 23.4. The van der Waals surface area contributed by atoms with Crippen LogP contribution in [0.5, 0.6) is 0 Å². The van der Waals surface area contributed by atoms with Gasteiger partial charge in [-0.05, 0) is 19.3 Å². The molecule has 1 atom stereocenters. The smallest absolute Gasteiger partial charge is 0.310 e. The predicted octanol–water partition coefficient (Wildman–Crippen LogP) is 1.56. The first-order valence-corrected chi connectivity index (χ1v) is 7.20. The Morgan fingerprint density at radius 2 is 2.00 bits per heavy atom. The number of carboxylic acid groups (broad SMARTS) is 1. The Hall–Kier alpha value is -1.10. The molecule has 1 saturated heterocycles. The molecule has 19 heavy (non-hydrogen) atoms. The zero-order valence-electron chi connectivity index (χ0n) is 11.3. The predicted molar refractivity (Wildman–Crippen MR) is 69.7 cm³/mol. The highest BCUT2D eigenvalue weighted by Crippen LogP contribution is 2.39. The van der Waals surface area contributed by atoms with Crippen LogP contribution in [0.4, 0.5) is 0 Å². The molecule has 1 heterocycles. The van der Waals surface area contributed by atoms with E-state index < -0.39 is 11.4 Å². The standard InChI is InChI=1S/C14H23NO4/c16-12(15-9-11-4-7-19-10-11)8-14(13(17)18)5-2-1-3-6-14/h11H,1-10H2,(H,15,16)(H,17,18). The van der Waals surface area contributed by atoms with E-state index in [0.717, 1.165) is 32.3 Å². The molecule has 0 aromatic heterocycles. The first-order chi connectivity index (χ1) is 9.12. The maximum atomic E-state index is 12.0. The minimum atomic E-state index is -0.825. The normalized spacial score (nSPS) is 26.0. The van der Waals surface area contributed by atoms with Gasteiger partial charge in [0.15, 0.2) is 0 Å². The molecular weight excluding hydrogens is 246 g/mol. The lowest BCUT2D eigenvalue weighted by atomic mass is 9.71. The number of rotatable bonds is 5. The fourth-order valence-electron chi connectivity index (χ4n) is 3.07. The molecule has 2 N–H and O–H groups in total. The third kappa shape index (κ3) is 3.69. The lowest BCUT2D eigenvalue weighted by molar-refractivity contribution is -0.154. The molecule has 0 bridgehead atoms. The first-order valence-electron chi connectivity index (χ1n) is 7.20. The van der Waals surface area contributed by atoms with Crippen molar-refractivity contribution in [2.24, 2.45) is 11.3 Å². The van der Waals surface area contributed by atoms with Crippen molar-refractivity contribution in [3.8, 4) is 0 Å². The second-order valence-corrected chi connectivity index (χ2v) is 5.86. The van der Waals surface area contributed by atoms with Crippen LogP contribution in [0.15, 0.2) is 0 Å². The number of carboxylic acids is 1. The van der Waals surface area contributed by atoms with E-state index in [-0.39, 0.29) is 12.3 Å². The van der Waals surface area contributed by atoms with Gasteiger partial charge in [0.25, 0.3) is 0 Å². The second-order valence-electron chi connectivity index (χ2n) is 5.86. The summed E-state index contributed by atoms with van der Waals surface area (Å²) in [6, 6.07) is 0. The van der Waals surface area contributed by atoms with E-state index >= 15 is 0 Å². The summed E-state index contributed by atoms with van der Waals surface area (Å²) in [5.41, 5.74) is -0.825. The van der Waals surface area contributed by atoms with Gasteiger partial charge in [0, 0.05) is 25.5 Å².